The van der Waals surface area contributed by atoms with Crippen molar-refractivity contribution in [2.45, 2.75) is 19.8 Å². The van der Waals surface area contributed by atoms with E-state index in [1.165, 1.54) is 5.56 Å². The molecule has 0 unspecified atom stereocenters. The lowest BCUT2D eigenvalue weighted by molar-refractivity contribution is -0.121. The van der Waals surface area contributed by atoms with E-state index in [2.05, 4.69) is 10.6 Å². The van der Waals surface area contributed by atoms with Crippen molar-refractivity contribution in [2.75, 3.05) is 19.7 Å². The van der Waals surface area contributed by atoms with Crippen molar-refractivity contribution >= 4 is 11.8 Å². The highest BCUT2D eigenvalue weighted by atomic mass is 16.5. The number of hydrogen-bond donors (Lipinski definition) is 2. The van der Waals surface area contributed by atoms with Crippen molar-refractivity contribution in [2.24, 2.45) is 0 Å². The van der Waals surface area contributed by atoms with Gasteiger partial charge in [-0.1, -0.05) is 35.9 Å². The van der Waals surface area contributed by atoms with Crippen molar-refractivity contribution < 1.29 is 14.3 Å². The number of ether oxygens (including phenoxy) is 1. The van der Waals surface area contributed by atoms with Crippen LogP contribution in [-0.2, 0) is 4.79 Å². The first-order valence-electron chi connectivity index (χ1n) is 8.44. The molecule has 25 heavy (non-hydrogen) atoms. The van der Waals surface area contributed by atoms with E-state index >= 15 is 0 Å². The molecular formula is C20H24N2O3. The van der Waals surface area contributed by atoms with Crippen LogP contribution in [0.2, 0.25) is 0 Å². The number of rotatable bonds is 9. The largest absolute Gasteiger partial charge is 0.494 e. The van der Waals surface area contributed by atoms with E-state index in [0.717, 1.165) is 5.75 Å². The predicted octanol–water partition coefficient (Wildman–Crippen LogP) is 2.70. The zero-order valence-electron chi connectivity index (χ0n) is 14.5. The van der Waals surface area contributed by atoms with Gasteiger partial charge in [0.15, 0.2) is 0 Å². The van der Waals surface area contributed by atoms with Gasteiger partial charge in [0.2, 0.25) is 5.91 Å². The molecule has 0 aliphatic carbocycles. The molecule has 0 fully saturated rings. The fraction of sp³-hybridized carbons (Fsp3) is 0.300. The summed E-state index contributed by atoms with van der Waals surface area (Å²) in [5.41, 5.74) is 1.80. The second-order valence-corrected chi connectivity index (χ2v) is 5.74. The van der Waals surface area contributed by atoms with Crippen LogP contribution in [0, 0.1) is 6.92 Å². The molecule has 2 rings (SSSR count). The minimum absolute atomic E-state index is 0.0403. The molecule has 0 spiro atoms. The Balaban J connectivity index is 1.52. The molecule has 0 aromatic heterocycles. The molecule has 0 atom stereocenters. The zero-order chi connectivity index (χ0) is 17.9. The van der Waals surface area contributed by atoms with Crippen LogP contribution in [0.4, 0.5) is 0 Å². The van der Waals surface area contributed by atoms with Crippen molar-refractivity contribution in [1.82, 2.24) is 10.6 Å². The first-order chi connectivity index (χ1) is 12.1. The Morgan fingerprint density at radius 3 is 2.32 bits per heavy atom. The summed E-state index contributed by atoms with van der Waals surface area (Å²) >= 11 is 0. The van der Waals surface area contributed by atoms with Crippen molar-refractivity contribution in [3.63, 3.8) is 0 Å². The van der Waals surface area contributed by atoms with E-state index in [-0.39, 0.29) is 11.8 Å². The van der Waals surface area contributed by atoms with E-state index in [1.54, 1.807) is 12.1 Å². The molecule has 132 valence electrons. The van der Waals surface area contributed by atoms with Gasteiger partial charge < -0.3 is 15.4 Å². The predicted molar refractivity (Wildman–Crippen MR) is 97.7 cm³/mol. The van der Waals surface area contributed by atoms with Gasteiger partial charge in [-0.05, 0) is 37.6 Å². The van der Waals surface area contributed by atoms with E-state index in [4.69, 9.17) is 4.74 Å². The van der Waals surface area contributed by atoms with Gasteiger partial charge >= 0.3 is 0 Å². The van der Waals surface area contributed by atoms with Crippen LogP contribution in [0.25, 0.3) is 0 Å². The molecular weight excluding hydrogens is 316 g/mol. The highest BCUT2D eigenvalue weighted by Gasteiger charge is 2.04. The third kappa shape index (κ3) is 7.08. The smallest absolute Gasteiger partial charge is 0.251 e. The Morgan fingerprint density at radius 2 is 1.60 bits per heavy atom. The summed E-state index contributed by atoms with van der Waals surface area (Å²) in [6.45, 7) is 3.34. The van der Waals surface area contributed by atoms with Crippen molar-refractivity contribution in [3.8, 4) is 5.75 Å². The zero-order valence-corrected chi connectivity index (χ0v) is 14.5. The maximum atomic E-state index is 11.8. The Labute approximate surface area is 148 Å². The van der Waals surface area contributed by atoms with Gasteiger partial charge in [-0.3, -0.25) is 9.59 Å². The highest BCUT2D eigenvalue weighted by Crippen LogP contribution is 2.11. The number of nitrogens with one attached hydrogen (secondary N) is 2. The summed E-state index contributed by atoms with van der Waals surface area (Å²) in [6, 6.07) is 16.8. The number of carbonyl (C=O) groups excluding carboxylic acids is 2. The summed E-state index contributed by atoms with van der Waals surface area (Å²) in [4.78, 5) is 23.5. The SMILES string of the molecule is Cc1ccc(OCCCC(=O)NCCNC(=O)c2ccccc2)cc1. The topological polar surface area (TPSA) is 67.4 Å². The average Bonchev–Trinajstić information content (AvgIpc) is 2.64. The summed E-state index contributed by atoms with van der Waals surface area (Å²) in [5, 5.41) is 5.56. The number of carbonyl (C=O) groups is 2. The van der Waals surface area contributed by atoms with E-state index in [9.17, 15) is 9.59 Å². The lowest BCUT2D eigenvalue weighted by Gasteiger charge is -2.08. The van der Waals surface area contributed by atoms with Crippen LogP contribution < -0.4 is 15.4 Å². The Kier molecular flexibility index (Phi) is 7.50. The van der Waals surface area contributed by atoms with Crippen LogP contribution in [0.3, 0.4) is 0 Å². The molecule has 2 aromatic carbocycles. The standard InChI is InChI=1S/C20H24N2O3/c1-16-9-11-18(12-10-16)25-15-5-8-19(23)21-13-14-22-20(24)17-6-3-2-4-7-17/h2-4,6-7,9-12H,5,8,13-15H2,1H3,(H,21,23)(H,22,24). The molecule has 0 bridgehead atoms. The van der Waals surface area contributed by atoms with Crippen LogP contribution in [0.15, 0.2) is 54.6 Å². The van der Waals surface area contributed by atoms with E-state index in [1.807, 2.05) is 49.4 Å². The van der Waals surface area contributed by atoms with Gasteiger partial charge in [0.25, 0.3) is 5.91 Å². The lowest BCUT2D eigenvalue weighted by Crippen LogP contribution is -2.34. The number of aryl methyl sites for hydroxylation is 1. The maximum absolute atomic E-state index is 11.8. The van der Waals surface area contributed by atoms with Gasteiger partial charge in [0, 0.05) is 25.1 Å². The van der Waals surface area contributed by atoms with Crippen LogP contribution >= 0.6 is 0 Å². The number of amides is 2. The average molecular weight is 340 g/mol. The van der Waals surface area contributed by atoms with Gasteiger partial charge in [0.1, 0.15) is 5.75 Å². The Morgan fingerprint density at radius 1 is 0.920 bits per heavy atom. The monoisotopic (exact) mass is 340 g/mol. The Bertz CT molecular complexity index is 669. The molecule has 0 aliphatic rings. The van der Waals surface area contributed by atoms with Crippen LogP contribution in [0.5, 0.6) is 5.75 Å². The normalized spacial score (nSPS) is 10.1. The van der Waals surface area contributed by atoms with Gasteiger partial charge in [-0.2, -0.15) is 0 Å². The fourth-order valence-corrected chi connectivity index (χ4v) is 2.22. The third-order valence-corrected chi connectivity index (χ3v) is 3.61. The first kappa shape index (κ1) is 18.5. The van der Waals surface area contributed by atoms with E-state index in [0.29, 0.717) is 38.1 Å². The minimum atomic E-state index is -0.138. The summed E-state index contributed by atoms with van der Waals surface area (Å²) in [5.74, 6) is 0.637. The van der Waals surface area contributed by atoms with Gasteiger partial charge in [0.05, 0.1) is 6.61 Å². The molecule has 5 heteroatoms. The quantitative estimate of drug-likeness (QED) is 0.690. The second kappa shape index (κ2) is 10.1. The molecule has 0 radical (unpaired) electrons. The fourth-order valence-electron chi connectivity index (χ4n) is 2.22. The molecule has 5 nitrogen and oxygen atoms in total. The van der Waals surface area contributed by atoms with E-state index < -0.39 is 0 Å². The summed E-state index contributed by atoms with van der Waals surface area (Å²) < 4.78 is 5.58. The molecule has 2 aromatic rings. The highest BCUT2D eigenvalue weighted by molar-refractivity contribution is 5.94. The second-order valence-electron chi connectivity index (χ2n) is 5.74. The van der Waals surface area contributed by atoms with Gasteiger partial charge in [-0.25, -0.2) is 0 Å². The molecule has 0 aliphatic heterocycles. The first-order valence-corrected chi connectivity index (χ1v) is 8.44. The van der Waals surface area contributed by atoms with Crippen molar-refractivity contribution in [3.05, 3.63) is 65.7 Å². The molecule has 2 N–H and O–H groups in total. The lowest BCUT2D eigenvalue weighted by atomic mass is 10.2. The summed E-state index contributed by atoms with van der Waals surface area (Å²) in [7, 11) is 0. The number of benzene rings is 2. The molecule has 2 amide bonds. The Hall–Kier alpha value is -2.82. The summed E-state index contributed by atoms with van der Waals surface area (Å²) in [6.07, 6.45) is 1.05. The molecule has 0 heterocycles. The molecule has 0 saturated carbocycles. The molecule has 0 saturated heterocycles. The minimum Gasteiger partial charge on any atom is -0.494 e. The van der Waals surface area contributed by atoms with Crippen LogP contribution in [0.1, 0.15) is 28.8 Å². The van der Waals surface area contributed by atoms with Crippen molar-refractivity contribution in [1.29, 1.82) is 0 Å². The van der Waals surface area contributed by atoms with Crippen LogP contribution in [-0.4, -0.2) is 31.5 Å². The number of hydrogen-bond acceptors (Lipinski definition) is 3. The van der Waals surface area contributed by atoms with Gasteiger partial charge in [-0.15, -0.1) is 0 Å². The maximum Gasteiger partial charge on any atom is 0.251 e. The third-order valence-electron chi connectivity index (χ3n) is 3.61.